The SMILES string of the molecule is CCN(C(=O)COc1cccc(C(F)(F)F)c1)c1ccc(F)c(F)c1. The summed E-state index contributed by atoms with van der Waals surface area (Å²) in [6.45, 7) is 1.22. The zero-order valence-corrected chi connectivity index (χ0v) is 13.1. The van der Waals surface area contributed by atoms with E-state index in [1.807, 2.05) is 0 Å². The molecule has 2 aromatic rings. The Labute approximate surface area is 140 Å². The maximum absolute atomic E-state index is 13.3. The first kappa shape index (κ1) is 18.7. The highest BCUT2D eigenvalue weighted by molar-refractivity contribution is 5.94. The molecule has 0 aromatic heterocycles. The van der Waals surface area contributed by atoms with Crippen molar-refractivity contribution < 1.29 is 31.5 Å². The van der Waals surface area contributed by atoms with Gasteiger partial charge >= 0.3 is 6.18 Å². The van der Waals surface area contributed by atoms with E-state index in [9.17, 15) is 26.7 Å². The molecular formula is C17H14F5NO2. The molecule has 134 valence electrons. The van der Waals surface area contributed by atoms with Crippen molar-refractivity contribution >= 4 is 11.6 Å². The second-order valence-electron chi connectivity index (χ2n) is 5.05. The third-order valence-corrected chi connectivity index (χ3v) is 3.36. The number of nitrogens with zero attached hydrogens (tertiary/aromatic N) is 1. The molecule has 0 N–H and O–H groups in total. The number of anilines is 1. The average Bonchev–Trinajstić information content (AvgIpc) is 2.56. The zero-order valence-electron chi connectivity index (χ0n) is 13.1. The van der Waals surface area contributed by atoms with Crippen LogP contribution in [0.1, 0.15) is 12.5 Å². The predicted octanol–water partition coefficient (Wildman–Crippen LogP) is 4.42. The summed E-state index contributed by atoms with van der Waals surface area (Å²) >= 11 is 0. The number of hydrogen-bond acceptors (Lipinski definition) is 2. The first-order chi connectivity index (χ1) is 11.7. The van der Waals surface area contributed by atoms with Gasteiger partial charge in [-0.2, -0.15) is 13.2 Å². The van der Waals surface area contributed by atoms with Crippen LogP contribution in [0, 0.1) is 11.6 Å². The molecule has 0 atom stereocenters. The van der Waals surface area contributed by atoms with Gasteiger partial charge in [-0.15, -0.1) is 0 Å². The number of rotatable bonds is 5. The smallest absolute Gasteiger partial charge is 0.416 e. The van der Waals surface area contributed by atoms with Crippen molar-refractivity contribution in [1.29, 1.82) is 0 Å². The minimum absolute atomic E-state index is 0.121. The molecule has 0 heterocycles. The number of halogens is 5. The molecule has 0 bridgehead atoms. The fourth-order valence-corrected chi connectivity index (χ4v) is 2.14. The molecule has 8 heteroatoms. The highest BCUT2D eigenvalue weighted by atomic mass is 19.4. The first-order valence-electron chi connectivity index (χ1n) is 7.28. The average molecular weight is 359 g/mol. The number of carbonyl (C=O) groups is 1. The quantitative estimate of drug-likeness (QED) is 0.740. The van der Waals surface area contributed by atoms with Crippen molar-refractivity contribution in [1.82, 2.24) is 0 Å². The minimum atomic E-state index is -4.52. The lowest BCUT2D eigenvalue weighted by molar-refractivity contribution is -0.137. The molecule has 0 saturated carbocycles. The maximum atomic E-state index is 13.3. The van der Waals surface area contributed by atoms with Crippen molar-refractivity contribution in [2.45, 2.75) is 13.1 Å². The summed E-state index contributed by atoms with van der Waals surface area (Å²) in [5.74, 6) is -2.88. The third-order valence-electron chi connectivity index (χ3n) is 3.36. The van der Waals surface area contributed by atoms with E-state index in [1.165, 1.54) is 12.1 Å². The zero-order chi connectivity index (χ0) is 18.6. The second kappa shape index (κ2) is 7.50. The van der Waals surface area contributed by atoms with Gasteiger partial charge in [-0.1, -0.05) is 6.07 Å². The van der Waals surface area contributed by atoms with Crippen molar-refractivity contribution in [2.24, 2.45) is 0 Å². The van der Waals surface area contributed by atoms with Gasteiger partial charge in [0.05, 0.1) is 5.56 Å². The van der Waals surface area contributed by atoms with Gasteiger partial charge in [0.15, 0.2) is 18.2 Å². The highest BCUT2D eigenvalue weighted by Crippen LogP contribution is 2.31. The number of benzene rings is 2. The van der Waals surface area contributed by atoms with Crippen LogP contribution in [0.25, 0.3) is 0 Å². The molecule has 25 heavy (non-hydrogen) atoms. The van der Waals surface area contributed by atoms with Gasteiger partial charge in [0.25, 0.3) is 5.91 Å². The molecular weight excluding hydrogens is 345 g/mol. The summed E-state index contributed by atoms with van der Waals surface area (Å²) in [6, 6.07) is 7.08. The van der Waals surface area contributed by atoms with Crippen LogP contribution >= 0.6 is 0 Å². The molecule has 2 aromatic carbocycles. The van der Waals surface area contributed by atoms with Gasteiger partial charge in [0, 0.05) is 18.3 Å². The molecule has 3 nitrogen and oxygen atoms in total. The van der Waals surface area contributed by atoms with Gasteiger partial charge in [-0.05, 0) is 37.3 Å². The van der Waals surface area contributed by atoms with Gasteiger partial charge < -0.3 is 9.64 Å². The molecule has 0 aliphatic heterocycles. The van der Waals surface area contributed by atoms with Crippen LogP contribution < -0.4 is 9.64 Å². The van der Waals surface area contributed by atoms with Crippen LogP contribution in [-0.4, -0.2) is 19.1 Å². The molecule has 0 aliphatic rings. The molecule has 0 unspecified atom stereocenters. The van der Waals surface area contributed by atoms with E-state index in [1.54, 1.807) is 6.92 Å². The highest BCUT2D eigenvalue weighted by Gasteiger charge is 2.30. The predicted molar refractivity (Wildman–Crippen MR) is 81.3 cm³/mol. The molecule has 0 spiro atoms. The lowest BCUT2D eigenvalue weighted by Gasteiger charge is -2.21. The standard InChI is InChI=1S/C17H14F5NO2/c1-2-23(12-6-7-14(18)15(19)9-12)16(24)10-25-13-5-3-4-11(8-13)17(20,21)22/h3-9H,2,10H2,1H3. The Balaban J connectivity index is 2.09. The second-order valence-corrected chi connectivity index (χ2v) is 5.05. The van der Waals surface area contributed by atoms with Gasteiger partial charge in [-0.25, -0.2) is 8.78 Å². The monoisotopic (exact) mass is 359 g/mol. The third kappa shape index (κ3) is 4.68. The van der Waals surface area contributed by atoms with Crippen molar-refractivity contribution in [2.75, 3.05) is 18.1 Å². The van der Waals surface area contributed by atoms with Crippen LogP contribution in [0.3, 0.4) is 0 Å². The van der Waals surface area contributed by atoms with Crippen molar-refractivity contribution in [3.8, 4) is 5.75 Å². The summed E-state index contributed by atoms with van der Waals surface area (Å²) < 4.78 is 69.3. The molecule has 0 aliphatic carbocycles. The summed E-state index contributed by atoms with van der Waals surface area (Å²) in [5.41, 5.74) is -0.774. The van der Waals surface area contributed by atoms with E-state index in [-0.39, 0.29) is 18.0 Å². The Morgan fingerprint density at radius 2 is 1.80 bits per heavy atom. The maximum Gasteiger partial charge on any atom is 0.416 e. The van der Waals surface area contributed by atoms with Crippen LogP contribution in [0.15, 0.2) is 42.5 Å². The Hall–Kier alpha value is -2.64. The fourth-order valence-electron chi connectivity index (χ4n) is 2.14. The van der Waals surface area contributed by atoms with Gasteiger partial charge in [-0.3, -0.25) is 4.79 Å². The lowest BCUT2D eigenvalue weighted by Crippen LogP contribution is -2.34. The van der Waals surface area contributed by atoms with Crippen LogP contribution in [0.2, 0.25) is 0 Å². The minimum Gasteiger partial charge on any atom is -0.484 e. The largest absolute Gasteiger partial charge is 0.484 e. The van der Waals surface area contributed by atoms with Crippen molar-refractivity contribution in [3.05, 3.63) is 59.7 Å². The first-order valence-corrected chi connectivity index (χ1v) is 7.28. The molecule has 0 fully saturated rings. The Morgan fingerprint density at radius 3 is 2.40 bits per heavy atom. The van der Waals surface area contributed by atoms with E-state index in [4.69, 9.17) is 4.74 Å². The Bertz CT molecular complexity index is 761. The fraction of sp³-hybridized carbons (Fsp3) is 0.235. The number of alkyl halides is 3. The summed E-state index contributed by atoms with van der Waals surface area (Å²) in [7, 11) is 0. The van der Waals surface area contributed by atoms with Gasteiger partial charge in [0.1, 0.15) is 5.75 Å². The molecule has 1 amide bonds. The number of hydrogen-bond donors (Lipinski definition) is 0. The van der Waals surface area contributed by atoms with E-state index in [0.29, 0.717) is 0 Å². The van der Waals surface area contributed by atoms with E-state index < -0.39 is 35.9 Å². The van der Waals surface area contributed by atoms with Gasteiger partial charge in [0.2, 0.25) is 0 Å². The summed E-state index contributed by atoms with van der Waals surface area (Å²) in [5, 5.41) is 0. The lowest BCUT2D eigenvalue weighted by atomic mass is 10.2. The topological polar surface area (TPSA) is 29.5 Å². The van der Waals surface area contributed by atoms with E-state index in [0.717, 1.165) is 35.2 Å². The molecule has 2 rings (SSSR count). The summed E-state index contributed by atoms with van der Waals surface area (Å²) in [6.07, 6.45) is -4.52. The van der Waals surface area contributed by atoms with Crippen molar-refractivity contribution in [3.63, 3.8) is 0 Å². The molecule has 0 radical (unpaired) electrons. The number of amides is 1. The van der Waals surface area contributed by atoms with E-state index >= 15 is 0 Å². The normalized spacial score (nSPS) is 11.3. The number of carbonyl (C=O) groups excluding carboxylic acids is 1. The number of likely N-dealkylation sites (N-methyl/N-ethyl adjacent to an activating group) is 1. The van der Waals surface area contributed by atoms with Crippen LogP contribution in [-0.2, 0) is 11.0 Å². The number of ether oxygens (including phenoxy) is 1. The molecule has 0 saturated heterocycles. The summed E-state index contributed by atoms with van der Waals surface area (Å²) in [4.78, 5) is 13.3. The van der Waals surface area contributed by atoms with E-state index in [2.05, 4.69) is 0 Å². The van der Waals surface area contributed by atoms with Crippen LogP contribution in [0.5, 0.6) is 5.75 Å². The van der Waals surface area contributed by atoms with Crippen LogP contribution in [0.4, 0.5) is 27.6 Å². The Morgan fingerprint density at radius 1 is 1.08 bits per heavy atom. The Kier molecular flexibility index (Phi) is 5.61.